The Labute approximate surface area is 107 Å². The Kier molecular flexibility index (Phi) is 2.43. The van der Waals surface area contributed by atoms with Crippen molar-refractivity contribution in [3.63, 3.8) is 0 Å². The minimum Gasteiger partial charge on any atom is -0.382 e. The largest absolute Gasteiger partial charge is 0.382 e. The van der Waals surface area contributed by atoms with Gasteiger partial charge in [-0.3, -0.25) is 0 Å². The zero-order chi connectivity index (χ0) is 12.0. The molecule has 0 saturated carbocycles. The first kappa shape index (κ1) is 10.8. The van der Waals surface area contributed by atoms with Crippen molar-refractivity contribution >= 4 is 21.7 Å². The number of halogens is 2. The number of rotatable bonds is 1. The number of aromatic nitrogens is 2. The molecule has 3 rings (SSSR count). The number of nitrogens with zero attached hydrogens (tertiary/aromatic N) is 2. The number of benzene rings is 1. The van der Waals surface area contributed by atoms with Gasteiger partial charge in [-0.1, -0.05) is 15.9 Å². The van der Waals surface area contributed by atoms with E-state index in [1.54, 1.807) is 16.8 Å². The zero-order valence-electron chi connectivity index (χ0n) is 9.08. The van der Waals surface area contributed by atoms with E-state index in [1.807, 2.05) is 0 Å². The molecule has 1 aromatic carbocycles. The molecule has 17 heavy (non-hydrogen) atoms. The predicted molar refractivity (Wildman–Crippen MR) is 67.7 cm³/mol. The lowest BCUT2D eigenvalue weighted by molar-refractivity contribution is 0.606. The molecule has 0 saturated heterocycles. The van der Waals surface area contributed by atoms with Gasteiger partial charge in [0.1, 0.15) is 17.3 Å². The molecule has 1 aromatic heterocycles. The van der Waals surface area contributed by atoms with E-state index >= 15 is 0 Å². The number of nitrogen functional groups attached to an aromatic ring is 1. The standard InChI is InChI=1S/C12H11BrFN3/c13-7-4-5-11(9(14)6-7)17-10-3-1-2-8(10)12(15)16-17/h4-6H,1-3H2,(H2,15,16). The lowest BCUT2D eigenvalue weighted by Crippen LogP contribution is -2.04. The van der Waals surface area contributed by atoms with Crippen molar-refractivity contribution in [1.82, 2.24) is 9.78 Å². The van der Waals surface area contributed by atoms with Gasteiger partial charge in [-0.2, -0.15) is 5.10 Å². The van der Waals surface area contributed by atoms with E-state index in [0.717, 1.165) is 35.0 Å². The lowest BCUT2D eigenvalue weighted by atomic mass is 10.2. The van der Waals surface area contributed by atoms with Crippen molar-refractivity contribution in [2.75, 3.05) is 5.73 Å². The van der Waals surface area contributed by atoms with Gasteiger partial charge in [0.25, 0.3) is 0 Å². The van der Waals surface area contributed by atoms with Crippen LogP contribution in [-0.4, -0.2) is 9.78 Å². The highest BCUT2D eigenvalue weighted by Gasteiger charge is 2.22. The van der Waals surface area contributed by atoms with Crippen LogP contribution in [0.5, 0.6) is 0 Å². The molecule has 5 heteroatoms. The fraction of sp³-hybridized carbons (Fsp3) is 0.250. The second kappa shape index (κ2) is 3.84. The van der Waals surface area contributed by atoms with E-state index in [1.165, 1.54) is 6.07 Å². The summed E-state index contributed by atoms with van der Waals surface area (Å²) in [5.41, 5.74) is 8.43. The zero-order valence-corrected chi connectivity index (χ0v) is 10.7. The fourth-order valence-electron chi connectivity index (χ4n) is 2.32. The second-order valence-electron chi connectivity index (χ2n) is 4.17. The second-order valence-corrected chi connectivity index (χ2v) is 5.09. The van der Waals surface area contributed by atoms with Gasteiger partial charge in [0.15, 0.2) is 0 Å². The maximum absolute atomic E-state index is 13.9. The quantitative estimate of drug-likeness (QED) is 0.879. The van der Waals surface area contributed by atoms with Gasteiger partial charge in [0.2, 0.25) is 0 Å². The van der Waals surface area contributed by atoms with Crippen molar-refractivity contribution in [2.24, 2.45) is 0 Å². The van der Waals surface area contributed by atoms with E-state index in [0.29, 0.717) is 11.5 Å². The van der Waals surface area contributed by atoms with Gasteiger partial charge in [-0.15, -0.1) is 0 Å². The Hall–Kier alpha value is -1.36. The maximum atomic E-state index is 13.9. The van der Waals surface area contributed by atoms with E-state index in [9.17, 15) is 4.39 Å². The summed E-state index contributed by atoms with van der Waals surface area (Å²) in [6.45, 7) is 0. The number of hydrogen-bond acceptors (Lipinski definition) is 2. The first-order valence-corrected chi connectivity index (χ1v) is 6.28. The van der Waals surface area contributed by atoms with Crippen LogP contribution in [0, 0.1) is 5.82 Å². The predicted octanol–water partition coefficient (Wildman–Crippen LogP) is 2.84. The minimum absolute atomic E-state index is 0.295. The van der Waals surface area contributed by atoms with E-state index in [-0.39, 0.29) is 5.82 Å². The van der Waals surface area contributed by atoms with Crippen LogP contribution in [0.1, 0.15) is 17.7 Å². The van der Waals surface area contributed by atoms with Crippen LogP contribution >= 0.6 is 15.9 Å². The summed E-state index contributed by atoms with van der Waals surface area (Å²) < 4.78 is 16.2. The average molecular weight is 296 g/mol. The van der Waals surface area contributed by atoms with Gasteiger partial charge in [-0.25, -0.2) is 9.07 Å². The smallest absolute Gasteiger partial charge is 0.149 e. The monoisotopic (exact) mass is 295 g/mol. The van der Waals surface area contributed by atoms with Gasteiger partial charge in [0.05, 0.1) is 0 Å². The average Bonchev–Trinajstić information content (AvgIpc) is 2.84. The highest BCUT2D eigenvalue weighted by Crippen LogP contribution is 2.30. The molecular formula is C12H11BrFN3. The molecule has 0 radical (unpaired) electrons. The third-order valence-corrected chi connectivity index (χ3v) is 3.59. The van der Waals surface area contributed by atoms with Crippen LogP contribution < -0.4 is 5.73 Å². The normalized spacial score (nSPS) is 14.0. The van der Waals surface area contributed by atoms with Gasteiger partial charge in [0, 0.05) is 15.7 Å². The molecule has 1 aliphatic rings. The topological polar surface area (TPSA) is 43.8 Å². The molecule has 0 spiro atoms. The van der Waals surface area contributed by atoms with Crippen molar-refractivity contribution in [1.29, 1.82) is 0 Å². The van der Waals surface area contributed by atoms with Gasteiger partial charge >= 0.3 is 0 Å². The summed E-state index contributed by atoms with van der Waals surface area (Å²) in [6.07, 6.45) is 2.92. The molecule has 0 unspecified atom stereocenters. The minimum atomic E-state index is -0.295. The molecule has 1 heterocycles. The molecule has 2 aromatic rings. The molecular weight excluding hydrogens is 285 g/mol. The summed E-state index contributed by atoms with van der Waals surface area (Å²) in [5.74, 6) is 0.233. The maximum Gasteiger partial charge on any atom is 0.149 e. The number of nitrogens with two attached hydrogens (primary N) is 1. The highest BCUT2D eigenvalue weighted by atomic mass is 79.9. The number of anilines is 1. The first-order chi connectivity index (χ1) is 8.16. The molecule has 0 amide bonds. The number of hydrogen-bond donors (Lipinski definition) is 1. The van der Waals surface area contributed by atoms with Crippen molar-refractivity contribution in [3.8, 4) is 5.69 Å². The van der Waals surface area contributed by atoms with Crippen LogP contribution in [0.2, 0.25) is 0 Å². The summed E-state index contributed by atoms with van der Waals surface area (Å²) in [4.78, 5) is 0. The van der Waals surface area contributed by atoms with Crippen molar-refractivity contribution in [2.45, 2.75) is 19.3 Å². The Morgan fingerprint density at radius 2 is 2.18 bits per heavy atom. The molecule has 3 nitrogen and oxygen atoms in total. The Bertz CT molecular complexity index is 592. The van der Waals surface area contributed by atoms with Gasteiger partial charge < -0.3 is 5.73 Å². The van der Waals surface area contributed by atoms with Crippen LogP contribution in [0.15, 0.2) is 22.7 Å². The molecule has 2 N–H and O–H groups in total. The molecule has 0 atom stereocenters. The molecule has 0 bridgehead atoms. The SMILES string of the molecule is Nc1nn(-c2ccc(Br)cc2F)c2c1CCC2. The third kappa shape index (κ3) is 1.65. The Morgan fingerprint density at radius 3 is 2.94 bits per heavy atom. The summed E-state index contributed by atoms with van der Waals surface area (Å²) in [6, 6.07) is 4.95. The van der Waals surface area contributed by atoms with Crippen LogP contribution in [0.3, 0.4) is 0 Å². The van der Waals surface area contributed by atoms with Crippen LogP contribution in [0.4, 0.5) is 10.2 Å². The lowest BCUT2D eigenvalue weighted by Gasteiger charge is -2.06. The third-order valence-electron chi connectivity index (χ3n) is 3.10. The molecule has 0 fully saturated rings. The molecule has 0 aliphatic heterocycles. The van der Waals surface area contributed by atoms with Crippen LogP contribution in [-0.2, 0) is 12.8 Å². The molecule has 88 valence electrons. The fourth-order valence-corrected chi connectivity index (χ4v) is 2.65. The van der Waals surface area contributed by atoms with E-state index < -0.39 is 0 Å². The summed E-state index contributed by atoms with van der Waals surface area (Å²) in [7, 11) is 0. The van der Waals surface area contributed by atoms with Crippen molar-refractivity contribution in [3.05, 3.63) is 39.7 Å². The highest BCUT2D eigenvalue weighted by molar-refractivity contribution is 9.10. The Morgan fingerprint density at radius 1 is 1.35 bits per heavy atom. The van der Waals surface area contributed by atoms with Crippen molar-refractivity contribution < 1.29 is 4.39 Å². The first-order valence-electron chi connectivity index (χ1n) is 5.48. The molecule has 1 aliphatic carbocycles. The summed E-state index contributed by atoms with van der Waals surface area (Å²) >= 11 is 3.24. The van der Waals surface area contributed by atoms with E-state index in [2.05, 4.69) is 21.0 Å². The van der Waals surface area contributed by atoms with Gasteiger partial charge in [-0.05, 0) is 37.5 Å². The summed E-state index contributed by atoms with van der Waals surface area (Å²) in [5, 5.41) is 4.23. The van der Waals surface area contributed by atoms with E-state index in [4.69, 9.17) is 5.73 Å². The Balaban J connectivity index is 2.19. The number of fused-ring (bicyclic) bond motifs is 1. The van der Waals surface area contributed by atoms with Crippen LogP contribution in [0.25, 0.3) is 5.69 Å².